The van der Waals surface area contributed by atoms with E-state index >= 15 is 0 Å². The van der Waals surface area contributed by atoms with Gasteiger partial charge in [-0.15, -0.1) is 5.10 Å². The third kappa shape index (κ3) is 2.64. The second-order valence-corrected chi connectivity index (χ2v) is 6.90. The van der Waals surface area contributed by atoms with Crippen molar-refractivity contribution in [2.24, 2.45) is 5.92 Å². The van der Waals surface area contributed by atoms with Gasteiger partial charge < -0.3 is 9.64 Å². The number of aromatic nitrogens is 3. The topological polar surface area (TPSA) is 60.3 Å². The number of nitrogens with zero attached hydrogens (tertiary/aromatic N) is 4. The van der Waals surface area contributed by atoms with E-state index in [1.807, 2.05) is 9.58 Å². The van der Waals surface area contributed by atoms with E-state index in [0.29, 0.717) is 25.5 Å². The molecule has 1 saturated heterocycles. The predicted molar refractivity (Wildman–Crippen MR) is 80.0 cm³/mol. The standard InChI is InChI=1S/C16H24N4O2/c21-16(6-5-12-3-1-2-4-12)19-8-7-15-14(10-19)20-13(11-22-15)9-17-18-20/h9,12,14-15H,1-8,10-11H2/t14-,15+/m1/s1. The number of fused-ring (bicyclic) bond motifs is 3. The largest absolute Gasteiger partial charge is 0.370 e. The summed E-state index contributed by atoms with van der Waals surface area (Å²) in [6.45, 7) is 2.11. The molecule has 2 atom stereocenters. The van der Waals surface area contributed by atoms with Gasteiger partial charge in [-0.2, -0.15) is 0 Å². The zero-order valence-corrected chi connectivity index (χ0v) is 13.0. The zero-order valence-electron chi connectivity index (χ0n) is 13.0. The number of hydrogen-bond donors (Lipinski definition) is 0. The normalized spacial score (nSPS) is 28.5. The van der Waals surface area contributed by atoms with Crippen LogP contribution in [0.3, 0.4) is 0 Å². The van der Waals surface area contributed by atoms with Crippen molar-refractivity contribution < 1.29 is 9.53 Å². The molecule has 6 nitrogen and oxygen atoms in total. The molecule has 6 heteroatoms. The predicted octanol–water partition coefficient (Wildman–Crippen LogP) is 1.92. The van der Waals surface area contributed by atoms with Crippen molar-refractivity contribution in [3.8, 4) is 0 Å². The van der Waals surface area contributed by atoms with Crippen LogP contribution in [0.15, 0.2) is 6.20 Å². The molecular formula is C16H24N4O2. The van der Waals surface area contributed by atoms with Crippen LogP contribution in [-0.4, -0.2) is 45.0 Å². The Morgan fingerprint density at radius 1 is 1.32 bits per heavy atom. The van der Waals surface area contributed by atoms with Gasteiger partial charge in [-0.05, 0) is 18.8 Å². The number of piperidine rings is 1. The van der Waals surface area contributed by atoms with Gasteiger partial charge in [0.1, 0.15) is 0 Å². The molecule has 2 fully saturated rings. The molecule has 0 bridgehead atoms. The maximum atomic E-state index is 12.5. The van der Waals surface area contributed by atoms with E-state index < -0.39 is 0 Å². The molecule has 0 aromatic carbocycles. The van der Waals surface area contributed by atoms with E-state index in [9.17, 15) is 4.79 Å². The molecule has 4 rings (SSSR count). The van der Waals surface area contributed by atoms with Crippen LogP contribution in [0.25, 0.3) is 0 Å². The first-order valence-corrected chi connectivity index (χ1v) is 8.59. The lowest BCUT2D eigenvalue weighted by Crippen LogP contribution is -2.49. The number of rotatable bonds is 3. The molecule has 3 heterocycles. The molecule has 1 saturated carbocycles. The van der Waals surface area contributed by atoms with Gasteiger partial charge in [0, 0.05) is 19.5 Å². The summed E-state index contributed by atoms with van der Waals surface area (Å²) in [5, 5.41) is 8.18. The highest BCUT2D eigenvalue weighted by Gasteiger charge is 2.37. The number of likely N-dealkylation sites (tertiary alicyclic amines) is 1. The van der Waals surface area contributed by atoms with Crippen LogP contribution in [0.1, 0.15) is 56.7 Å². The first kappa shape index (κ1) is 14.2. The van der Waals surface area contributed by atoms with Gasteiger partial charge in [-0.3, -0.25) is 4.79 Å². The number of amides is 1. The highest BCUT2D eigenvalue weighted by Crippen LogP contribution is 2.32. The smallest absolute Gasteiger partial charge is 0.222 e. The van der Waals surface area contributed by atoms with E-state index in [4.69, 9.17) is 4.74 Å². The summed E-state index contributed by atoms with van der Waals surface area (Å²) in [5.41, 5.74) is 1.02. The number of carbonyl (C=O) groups excluding carboxylic acids is 1. The Balaban J connectivity index is 1.37. The fourth-order valence-electron chi connectivity index (χ4n) is 4.19. The van der Waals surface area contributed by atoms with E-state index in [1.54, 1.807) is 6.20 Å². The third-order valence-corrected chi connectivity index (χ3v) is 5.52. The van der Waals surface area contributed by atoms with Crippen molar-refractivity contribution in [2.45, 2.75) is 63.7 Å². The Hall–Kier alpha value is -1.43. The van der Waals surface area contributed by atoms with Gasteiger partial charge >= 0.3 is 0 Å². The summed E-state index contributed by atoms with van der Waals surface area (Å²) in [6.07, 6.45) is 9.92. The molecular weight excluding hydrogens is 280 g/mol. The maximum absolute atomic E-state index is 12.5. The minimum absolute atomic E-state index is 0.135. The highest BCUT2D eigenvalue weighted by molar-refractivity contribution is 5.76. The van der Waals surface area contributed by atoms with E-state index in [2.05, 4.69) is 10.3 Å². The molecule has 120 valence electrons. The molecule has 0 radical (unpaired) electrons. The average Bonchev–Trinajstić information content (AvgIpc) is 3.23. The molecule has 3 aliphatic rings. The van der Waals surface area contributed by atoms with Crippen LogP contribution in [-0.2, 0) is 16.1 Å². The lowest BCUT2D eigenvalue weighted by Gasteiger charge is -2.41. The van der Waals surface area contributed by atoms with Crippen molar-refractivity contribution >= 4 is 5.91 Å². The van der Waals surface area contributed by atoms with Gasteiger partial charge in [-0.25, -0.2) is 4.68 Å². The Bertz CT molecular complexity index is 538. The quantitative estimate of drug-likeness (QED) is 0.856. The van der Waals surface area contributed by atoms with Gasteiger partial charge in [0.2, 0.25) is 5.91 Å². The summed E-state index contributed by atoms with van der Waals surface area (Å²) in [7, 11) is 0. The average molecular weight is 304 g/mol. The number of hydrogen-bond acceptors (Lipinski definition) is 4. The van der Waals surface area contributed by atoms with E-state index in [-0.39, 0.29) is 12.1 Å². The van der Waals surface area contributed by atoms with Crippen LogP contribution in [0.4, 0.5) is 0 Å². The lowest BCUT2D eigenvalue weighted by molar-refractivity contribution is -0.138. The van der Waals surface area contributed by atoms with Crippen molar-refractivity contribution in [3.05, 3.63) is 11.9 Å². The van der Waals surface area contributed by atoms with Gasteiger partial charge in [0.25, 0.3) is 0 Å². The molecule has 1 aliphatic carbocycles. The number of ether oxygens (including phenoxy) is 1. The minimum Gasteiger partial charge on any atom is -0.370 e. The third-order valence-electron chi connectivity index (χ3n) is 5.52. The van der Waals surface area contributed by atoms with E-state index in [0.717, 1.165) is 31.0 Å². The Morgan fingerprint density at radius 3 is 3.05 bits per heavy atom. The molecule has 1 amide bonds. The minimum atomic E-state index is 0.135. The lowest BCUT2D eigenvalue weighted by atomic mass is 9.98. The van der Waals surface area contributed by atoms with Crippen molar-refractivity contribution in [2.75, 3.05) is 13.1 Å². The molecule has 1 aromatic rings. The molecule has 0 N–H and O–H groups in total. The summed E-state index contributed by atoms with van der Waals surface area (Å²) in [6, 6.07) is 0.135. The first-order chi connectivity index (χ1) is 10.8. The Morgan fingerprint density at radius 2 is 2.18 bits per heavy atom. The zero-order chi connectivity index (χ0) is 14.9. The van der Waals surface area contributed by atoms with Gasteiger partial charge in [0.15, 0.2) is 0 Å². The summed E-state index contributed by atoms with van der Waals surface area (Å²) in [5.74, 6) is 1.08. The number of carbonyl (C=O) groups is 1. The molecule has 1 aromatic heterocycles. The SMILES string of the molecule is O=C(CCC1CCCC1)N1CC[C@@H]2OCc3cnnn3[C@@H]2C1. The van der Waals surface area contributed by atoms with Gasteiger partial charge in [-0.1, -0.05) is 30.9 Å². The van der Waals surface area contributed by atoms with Crippen LogP contribution in [0, 0.1) is 5.92 Å². The van der Waals surface area contributed by atoms with Gasteiger partial charge in [0.05, 0.1) is 30.6 Å². The van der Waals surface area contributed by atoms with Crippen molar-refractivity contribution in [1.82, 2.24) is 19.9 Å². The van der Waals surface area contributed by atoms with Crippen LogP contribution in [0.2, 0.25) is 0 Å². The van der Waals surface area contributed by atoms with Crippen LogP contribution in [0.5, 0.6) is 0 Å². The van der Waals surface area contributed by atoms with Crippen molar-refractivity contribution in [1.29, 1.82) is 0 Å². The first-order valence-electron chi connectivity index (χ1n) is 8.59. The second-order valence-electron chi connectivity index (χ2n) is 6.90. The van der Waals surface area contributed by atoms with Crippen molar-refractivity contribution in [3.63, 3.8) is 0 Å². The van der Waals surface area contributed by atoms with E-state index in [1.165, 1.54) is 25.7 Å². The summed E-state index contributed by atoms with van der Waals surface area (Å²) >= 11 is 0. The fraction of sp³-hybridized carbons (Fsp3) is 0.812. The highest BCUT2D eigenvalue weighted by atomic mass is 16.5. The molecule has 0 spiro atoms. The Labute approximate surface area is 130 Å². The summed E-state index contributed by atoms with van der Waals surface area (Å²) in [4.78, 5) is 14.5. The summed E-state index contributed by atoms with van der Waals surface area (Å²) < 4.78 is 7.86. The van der Waals surface area contributed by atoms with Crippen LogP contribution < -0.4 is 0 Å². The second kappa shape index (κ2) is 5.99. The maximum Gasteiger partial charge on any atom is 0.222 e. The molecule has 2 aliphatic heterocycles. The molecule has 0 unspecified atom stereocenters. The fourth-order valence-corrected chi connectivity index (χ4v) is 4.19. The molecule has 22 heavy (non-hydrogen) atoms. The monoisotopic (exact) mass is 304 g/mol. The Kier molecular flexibility index (Phi) is 3.86. The van der Waals surface area contributed by atoms with Crippen LogP contribution >= 0.6 is 0 Å².